The maximum Gasteiger partial charge on any atom is 0.391 e. The lowest BCUT2D eigenvalue weighted by atomic mass is 9.84. The molecule has 0 radical (unpaired) electrons. The normalized spacial score (nSPS) is 22.8. The molecule has 1 aliphatic rings. The fourth-order valence-electron chi connectivity index (χ4n) is 2.14. The standard InChI is InChI=1S/C12H23F3N2/c1-9(16)11(2,3)8-17-6-4-10(5-7-17)12(13,14)15/h9-10H,4-8,16H2,1-3H3. The van der Waals surface area contributed by atoms with Crippen molar-refractivity contribution in [2.45, 2.75) is 45.8 Å². The van der Waals surface area contributed by atoms with E-state index in [4.69, 9.17) is 5.73 Å². The zero-order valence-corrected chi connectivity index (χ0v) is 10.8. The van der Waals surface area contributed by atoms with Gasteiger partial charge in [-0.25, -0.2) is 0 Å². The van der Waals surface area contributed by atoms with E-state index in [9.17, 15) is 13.2 Å². The molecule has 1 rings (SSSR count). The minimum Gasteiger partial charge on any atom is -0.327 e. The highest BCUT2D eigenvalue weighted by molar-refractivity contribution is 4.84. The van der Waals surface area contributed by atoms with Crippen molar-refractivity contribution in [1.29, 1.82) is 0 Å². The fraction of sp³-hybridized carbons (Fsp3) is 1.00. The molecule has 0 aliphatic carbocycles. The highest BCUT2D eigenvalue weighted by Gasteiger charge is 2.41. The Morgan fingerprint density at radius 2 is 1.71 bits per heavy atom. The third kappa shape index (κ3) is 4.14. The number of likely N-dealkylation sites (tertiary alicyclic amines) is 1. The van der Waals surface area contributed by atoms with Crippen molar-refractivity contribution in [1.82, 2.24) is 4.90 Å². The number of alkyl halides is 3. The Morgan fingerprint density at radius 3 is 2.06 bits per heavy atom. The summed E-state index contributed by atoms with van der Waals surface area (Å²) in [6, 6.07) is 0.0443. The number of hydrogen-bond donors (Lipinski definition) is 1. The van der Waals surface area contributed by atoms with Crippen molar-refractivity contribution in [3.05, 3.63) is 0 Å². The van der Waals surface area contributed by atoms with Crippen LogP contribution < -0.4 is 5.73 Å². The molecule has 0 aromatic heterocycles. The second kappa shape index (κ2) is 5.14. The minimum absolute atomic E-state index is 0.0443. The topological polar surface area (TPSA) is 29.3 Å². The summed E-state index contributed by atoms with van der Waals surface area (Å²) in [6.45, 7) is 7.90. The average Bonchev–Trinajstić information content (AvgIpc) is 2.16. The lowest BCUT2D eigenvalue weighted by Gasteiger charge is -2.39. The van der Waals surface area contributed by atoms with Crippen LogP contribution in [0.3, 0.4) is 0 Å². The van der Waals surface area contributed by atoms with Gasteiger partial charge in [0.1, 0.15) is 0 Å². The maximum absolute atomic E-state index is 12.5. The van der Waals surface area contributed by atoms with Crippen LogP contribution in [0.2, 0.25) is 0 Å². The summed E-state index contributed by atoms with van der Waals surface area (Å²) in [5.41, 5.74) is 5.83. The van der Waals surface area contributed by atoms with E-state index in [1.165, 1.54) is 0 Å². The molecule has 0 spiro atoms. The summed E-state index contributed by atoms with van der Waals surface area (Å²) in [6.07, 6.45) is -3.58. The second-order valence-corrected chi connectivity index (χ2v) is 5.87. The highest BCUT2D eigenvalue weighted by atomic mass is 19.4. The maximum atomic E-state index is 12.5. The molecule has 0 saturated carbocycles. The van der Waals surface area contributed by atoms with Crippen molar-refractivity contribution < 1.29 is 13.2 Å². The van der Waals surface area contributed by atoms with E-state index < -0.39 is 12.1 Å². The van der Waals surface area contributed by atoms with Crippen molar-refractivity contribution in [3.63, 3.8) is 0 Å². The lowest BCUT2D eigenvalue weighted by Crippen LogP contribution is -2.47. The van der Waals surface area contributed by atoms with E-state index in [0.717, 1.165) is 6.54 Å². The number of piperidine rings is 1. The van der Waals surface area contributed by atoms with Gasteiger partial charge in [0.15, 0.2) is 0 Å². The number of nitrogens with two attached hydrogens (primary N) is 1. The third-order valence-corrected chi connectivity index (χ3v) is 3.91. The van der Waals surface area contributed by atoms with E-state index >= 15 is 0 Å². The number of hydrogen-bond acceptors (Lipinski definition) is 2. The van der Waals surface area contributed by atoms with Crippen LogP contribution in [0.15, 0.2) is 0 Å². The average molecular weight is 252 g/mol. The predicted molar refractivity (Wildman–Crippen MR) is 62.6 cm³/mol. The molecule has 1 fully saturated rings. The number of nitrogens with zero attached hydrogens (tertiary/aromatic N) is 1. The van der Waals surface area contributed by atoms with Gasteiger partial charge in [-0.3, -0.25) is 0 Å². The van der Waals surface area contributed by atoms with Crippen molar-refractivity contribution in [2.24, 2.45) is 17.1 Å². The van der Waals surface area contributed by atoms with Crippen molar-refractivity contribution in [3.8, 4) is 0 Å². The Hall–Kier alpha value is -0.290. The van der Waals surface area contributed by atoms with Gasteiger partial charge in [-0.15, -0.1) is 0 Å². The van der Waals surface area contributed by atoms with Crippen LogP contribution in [0.25, 0.3) is 0 Å². The third-order valence-electron chi connectivity index (χ3n) is 3.91. The van der Waals surface area contributed by atoms with Gasteiger partial charge in [0.2, 0.25) is 0 Å². The lowest BCUT2D eigenvalue weighted by molar-refractivity contribution is -0.185. The van der Waals surface area contributed by atoms with E-state index in [1.54, 1.807) is 0 Å². The van der Waals surface area contributed by atoms with E-state index in [0.29, 0.717) is 13.1 Å². The number of halogens is 3. The van der Waals surface area contributed by atoms with Gasteiger partial charge in [0, 0.05) is 12.6 Å². The van der Waals surface area contributed by atoms with Crippen molar-refractivity contribution >= 4 is 0 Å². The fourth-order valence-corrected chi connectivity index (χ4v) is 2.14. The second-order valence-electron chi connectivity index (χ2n) is 5.87. The predicted octanol–water partition coefficient (Wildman–Crippen LogP) is 2.63. The van der Waals surface area contributed by atoms with Gasteiger partial charge >= 0.3 is 6.18 Å². The van der Waals surface area contributed by atoms with Crippen LogP contribution in [0.1, 0.15) is 33.6 Å². The molecule has 0 aromatic carbocycles. The summed E-state index contributed by atoms with van der Waals surface area (Å²) in [7, 11) is 0. The molecule has 0 bridgehead atoms. The first-order valence-corrected chi connectivity index (χ1v) is 6.17. The van der Waals surface area contributed by atoms with Gasteiger partial charge in [-0.2, -0.15) is 13.2 Å². The molecule has 2 N–H and O–H groups in total. The van der Waals surface area contributed by atoms with E-state index in [1.807, 2.05) is 6.92 Å². The molecule has 102 valence electrons. The summed E-state index contributed by atoms with van der Waals surface area (Å²) in [5.74, 6) is -1.11. The Labute approximate surface area is 101 Å². The van der Waals surface area contributed by atoms with Crippen LogP contribution in [0.5, 0.6) is 0 Å². The van der Waals surface area contributed by atoms with E-state index in [-0.39, 0.29) is 24.3 Å². The molecule has 1 unspecified atom stereocenters. The zero-order chi connectivity index (χ0) is 13.3. The number of rotatable bonds is 3. The largest absolute Gasteiger partial charge is 0.391 e. The molecule has 1 heterocycles. The molecular formula is C12H23F3N2. The first-order chi connectivity index (χ1) is 7.63. The van der Waals surface area contributed by atoms with Crippen LogP contribution in [0, 0.1) is 11.3 Å². The van der Waals surface area contributed by atoms with Gasteiger partial charge in [-0.1, -0.05) is 13.8 Å². The van der Waals surface area contributed by atoms with Crippen LogP contribution in [0.4, 0.5) is 13.2 Å². The molecule has 0 amide bonds. The minimum atomic E-state index is -4.03. The molecule has 2 nitrogen and oxygen atoms in total. The summed E-state index contributed by atoms with van der Waals surface area (Å²) in [4.78, 5) is 2.10. The molecular weight excluding hydrogens is 229 g/mol. The van der Waals surface area contributed by atoms with Gasteiger partial charge < -0.3 is 10.6 Å². The van der Waals surface area contributed by atoms with Gasteiger partial charge in [0.25, 0.3) is 0 Å². The molecule has 1 saturated heterocycles. The van der Waals surface area contributed by atoms with Crippen molar-refractivity contribution in [2.75, 3.05) is 19.6 Å². The Morgan fingerprint density at radius 1 is 1.24 bits per heavy atom. The first-order valence-electron chi connectivity index (χ1n) is 6.17. The smallest absolute Gasteiger partial charge is 0.327 e. The highest BCUT2D eigenvalue weighted by Crippen LogP contribution is 2.35. The van der Waals surface area contributed by atoms with Gasteiger partial charge in [-0.05, 0) is 38.3 Å². The molecule has 0 aromatic rings. The molecule has 5 heteroatoms. The van der Waals surface area contributed by atoms with Gasteiger partial charge in [0.05, 0.1) is 5.92 Å². The summed E-state index contributed by atoms with van der Waals surface area (Å²) >= 11 is 0. The SMILES string of the molecule is CC(N)C(C)(C)CN1CCC(C(F)(F)F)CC1. The Bertz CT molecular complexity index is 241. The molecule has 17 heavy (non-hydrogen) atoms. The monoisotopic (exact) mass is 252 g/mol. The van der Waals surface area contributed by atoms with Crippen LogP contribution >= 0.6 is 0 Å². The molecule has 1 aliphatic heterocycles. The van der Waals surface area contributed by atoms with Crippen LogP contribution in [-0.2, 0) is 0 Å². The summed E-state index contributed by atoms with van der Waals surface area (Å²) in [5, 5.41) is 0. The molecule has 1 atom stereocenters. The first kappa shape index (κ1) is 14.8. The Kier molecular flexibility index (Phi) is 4.47. The Balaban J connectivity index is 2.43. The summed E-state index contributed by atoms with van der Waals surface area (Å²) < 4.78 is 37.5. The van der Waals surface area contributed by atoms with E-state index in [2.05, 4.69) is 18.7 Å². The van der Waals surface area contributed by atoms with Crippen LogP contribution in [-0.4, -0.2) is 36.8 Å². The zero-order valence-electron chi connectivity index (χ0n) is 10.8. The quantitative estimate of drug-likeness (QED) is 0.836.